The number of carbonyl (C=O) groups is 6. The van der Waals surface area contributed by atoms with Crippen molar-refractivity contribution in [3.05, 3.63) is 328 Å². The zero-order valence-electron chi connectivity index (χ0n) is 68.1. The van der Waals surface area contributed by atoms with Gasteiger partial charge in [0.15, 0.2) is 22.8 Å². The number of hydrogen-bond acceptors (Lipinski definition) is 17. The number of carbonyl (C=O) groups excluding carboxylic acids is 5. The molecule has 10 aromatic carbocycles. The highest BCUT2D eigenvalue weighted by Crippen LogP contribution is 2.60. The minimum absolute atomic E-state index is 0.199. The molecule has 7 N–H and O–H groups in total. The molecule has 5 saturated carbocycles. The molecule has 5 amide bonds. The zero-order chi connectivity index (χ0) is 91.7. The fourth-order valence-electron chi connectivity index (χ4n) is 14.7. The number of aliphatic hydroxyl groups is 1. The van der Waals surface area contributed by atoms with E-state index in [1.54, 1.807) is 204 Å². The number of aliphatic carboxylic acids is 2. The van der Waals surface area contributed by atoms with Crippen molar-refractivity contribution in [1.29, 1.82) is 21.0 Å². The zero-order valence-corrected chi connectivity index (χ0v) is 74.2. The molecule has 640 valence electrons. The predicted octanol–water partition coefficient (Wildman–Crippen LogP) is 22.2. The van der Waals surface area contributed by atoms with Crippen molar-refractivity contribution in [3.8, 4) is 24.3 Å². The maximum absolute atomic E-state index is 14.0. The molecule has 127 heavy (non-hydrogen) atoms. The van der Waals surface area contributed by atoms with Crippen LogP contribution in [-0.4, -0.2) is 92.1 Å². The largest absolute Gasteiger partial charge is 0.480 e. The molecule has 10 aromatic rings. The highest BCUT2D eigenvalue weighted by molar-refractivity contribution is 14.1. The van der Waals surface area contributed by atoms with Crippen LogP contribution in [0.2, 0.25) is 15.1 Å². The number of nitriles is 4. The Morgan fingerprint density at radius 3 is 1.26 bits per heavy atom. The van der Waals surface area contributed by atoms with Crippen molar-refractivity contribution >= 4 is 172 Å². The standard InChI is InChI=1S/C26H19ClN4O2.C19H14ClN3O2.C13H14N2O2.C12H12N2O2.C7H4BrN.C7H4ClNO.C7H4IN.C5H9NO2/c1-29-21-5-2-4-19(16-21)26(33)25(14-3-15-25)30(22-10-6-18(17-28)7-11-22)24(32)31(26)23-12-8-20(27)9-13-23;20-14-4-8-15(9-5-14)22-17(24)19(10-1-11-19)23(18(22)25)16-6-2-13(12-21)3-7-16;1-17-12(16)13(7-2-8-13)15-11-5-3-10(9-14)4-6-11;13-8-9-2-4-10(5-3-9)14-12(11(15)16)6-1-7-12;1-9-7-4-2-3-6(8)5-7;8-6-1-3-7(4-2-6)9-5-10;1-9-7-4-2-6(8)3-5-7;6-5(4(7)8)2-1-3-5/h2,4-13,16,33H,3,14-15H2;2-9H,1,10-11H2;3-6,15H,2,7-8H2,1H3;2-5,14H,1,6-7H2,(H,15,16);2-5H;1-4H;2-5H;1-3,6H2,(H,7,8). The van der Waals surface area contributed by atoms with E-state index in [1.807, 2.05) is 54.6 Å². The second kappa shape index (κ2) is 43.2. The number of carboxylic acids is 2. The van der Waals surface area contributed by atoms with Crippen LogP contribution in [0.15, 0.2) is 252 Å². The van der Waals surface area contributed by atoms with E-state index in [1.165, 1.54) is 26.6 Å². The molecule has 1 atom stereocenters. The molecule has 1 unspecified atom stereocenters. The molecule has 2 heterocycles. The van der Waals surface area contributed by atoms with Crippen molar-refractivity contribution in [1.82, 2.24) is 0 Å². The van der Waals surface area contributed by atoms with Gasteiger partial charge in [0.05, 0.1) is 84.7 Å². The normalized spacial score (nSPS) is 16.8. The van der Waals surface area contributed by atoms with Gasteiger partial charge in [-0.1, -0.05) is 111 Å². The Morgan fingerprint density at radius 2 is 0.898 bits per heavy atom. The molecule has 2 aliphatic heterocycles. The summed E-state index contributed by atoms with van der Waals surface area (Å²) in [5, 5.41) is 73.4. The Hall–Kier alpha value is -13.8. The lowest BCUT2D eigenvalue weighted by molar-refractivity contribution is -0.149. The Labute approximate surface area is 771 Å². The van der Waals surface area contributed by atoms with E-state index in [4.69, 9.17) is 91.0 Å². The van der Waals surface area contributed by atoms with Gasteiger partial charge < -0.3 is 36.4 Å². The summed E-state index contributed by atoms with van der Waals surface area (Å²) in [5.74, 6) is -2.07. The van der Waals surface area contributed by atoms with Gasteiger partial charge in [0, 0.05) is 51.5 Å². The van der Waals surface area contributed by atoms with Gasteiger partial charge in [0.25, 0.3) is 5.91 Å². The van der Waals surface area contributed by atoms with Gasteiger partial charge in [-0.3, -0.25) is 24.3 Å². The number of ether oxygens (including phenoxy) is 1. The second-order valence-electron chi connectivity index (χ2n) is 30.1. The molecule has 7 aliphatic rings. The molecule has 0 bridgehead atoms. The first-order chi connectivity index (χ1) is 61.0. The van der Waals surface area contributed by atoms with Crippen molar-refractivity contribution in [2.75, 3.05) is 37.3 Å². The number of nitrogens with one attached hydrogen (secondary N) is 2. The summed E-state index contributed by atoms with van der Waals surface area (Å²) in [7, 11) is 1.41. The summed E-state index contributed by atoms with van der Waals surface area (Å²) in [6, 6.07) is 76.6. The highest BCUT2D eigenvalue weighted by Gasteiger charge is 2.71. The van der Waals surface area contributed by atoms with Gasteiger partial charge in [0.1, 0.15) is 27.7 Å². The van der Waals surface area contributed by atoms with Crippen LogP contribution in [0, 0.1) is 68.6 Å². The van der Waals surface area contributed by atoms with Crippen LogP contribution >= 0.6 is 73.3 Å². The van der Waals surface area contributed by atoms with E-state index in [0.717, 1.165) is 60.8 Å². The van der Waals surface area contributed by atoms with Gasteiger partial charge >= 0.3 is 30.0 Å². The number of nitrogens with two attached hydrogens (primary N) is 1. The van der Waals surface area contributed by atoms with Gasteiger partial charge in [-0.2, -0.15) is 26.0 Å². The van der Waals surface area contributed by atoms with Crippen LogP contribution in [-0.2, 0) is 34.4 Å². The van der Waals surface area contributed by atoms with Crippen LogP contribution < -0.4 is 36.0 Å². The lowest BCUT2D eigenvalue weighted by Gasteiger charge is -2.52. The van der Waals surface area contributed by atoms with Gasteiger partial charge in [-0.05, 0) is 306 Å². The van der Waals surface area contributed by atoms with E-state index in [0.29, 0.717) is 140 Å². The second-order valence-corrected chi connectivity index (χ2v) is 33.5. The molecule has 31 heteroatoms. The summed E-state index contributed by atoms with van der Waals surface area (Å²) in [6.07, 6.45) is 12.7. The third kappa shape index (κ3) is 22.1. The molecule has 0 aromatic heterocycles. The maximum Gasteiger partial charge on any atom is 0.336 e. The number of amides is 5. The molecular formula is C96H80BrCl3IN15O11. The first-order valence-corrected chi connectivity index (χ1v) is 42.6. The monoisotopic (exact) mass is 1930 g/mol. The number of esters is 1. The Balaban J connectivity index is 0.000000160. The SMILES string of the molecule is COC(=O)C1(Nc2ccc(C#N)cc2)CCC1.N#Cc1ccc(N2C(=O)N(c3ccc(Cl)cc3)C(=O)C23CCC3)cc1.N#Cc1ccc(NC2(C(=O)O)CCC2)cc1.NC1(C(=O)O)CCC1.O=C=Nc1ccc(Cl)cc1.[C-]#[N+]c1ccc(I)cc1.[C-]#[N+]c1cccc(Br)c1.[C-]#[N+]c1cccc(C2(O)N(c3ccc(Cl)cc3)C(=O)N(c3ccc(C#N)cc3)C23CCC3)c1. The number of urea groups is 2. The summed E-state index contributed by atoms with van der Waals surface area (Å²) in [4.78, 5) is 102. The average Bonchev–Trinajstić information content (AvgIpc) is 1.51. The van der Waals surface area contributed by atoms with Gasteiger partial charge in [-0.25, -0.2) is 43.4 Å². The van der Waals surface area contributed by atoms with E-state index < -0.39 is 45.4 Å². The quantitative estimate of drug-likeness (QED) is 0.0156. The predicted molar refractivity (Wildman–Crippen MR) is 497 cm³/mol. The number of halogens is 5. The number of methoxy groups -OCH3 is 1. The van der Waals surface area contributed by atoms with Crippen LogP contribution in [0.3, 0.4) is 0 Å². The van der Waals surface area contributed by atoms with Crippen molar-refractivity contribution in [2.24, 2.45) is 10.7 Å². The first-order valence-electron chi connectivity index (χ1n) is 39.6. The fraction of sp³-hybridized carbons (Fsp3) is 0.229. The minimum Gasteiger partial charge on any atom is -0.480 e. The molecule has 0 radical (unpaired) electrons. The lowest BCUT2D eigenvalue weighted by Crippen LogP contribution is -2.63. The van der Waals surface area contributed by atoms with E-state index in [9.17, 15) is 43.9 Å². The van der Waals surface area contributed by atoms with Crippen LogP contribution in [0.4, 0.5) is 66.5 Å². The molecule has 5 aliphatic carbocycles. The molecule has 2 spiro atoms. The topological polar surface area (TPSA) is 373 Å². The first kappa shape index (κ1) is 95.5. The number of isocyanates is 1. The highest BCUT2D eigenvalue weighted by atomic mass is 127. The van der Waals surface area contributed by atoms with Crippen LogP contribution in [0.25, 0.3) is 14.5 Å². The maximum atomic E-state index is 14.0. The third-order valence-electron chi connectivity index (χ3n) is 22.4. The van der Waals surface area contributed by atoms with Crippen molar-refractivity contribution in [3.63, 3.8) is 0 Å². The number of carboxylic acid groups (broad SMARTS) is 2. The minimum atomic E-state index is -1.72. The Morgan fingerprint density at radius 1 is 0.496 bits per heavy atom. The molecule has 7 fully saturated rings. The summed E-state index contributed by atoms with van der Waals surface area (Å²) >= 11 is 23.0. The van der Waals surface area contributed by atoms with Crippen LogP contribution in [0.5, 0.6) is 0 Å². The van der Waals surface area contributed by atoms with Gasteiger partial charge in [-0.15, -0.1) is 0 Å². The van der Waals surface area contributed by atoms with Crippen molar-refractivity contribution in [2.45, 2.75) is 130 Å². The van der Waals surface area contributed by atoms with Crippen LogP contribution in [0.1, 0.15) is 124 Å². The summed E-state index contributed by atoms with van der Waals surface area (Å²) in [5.41, 5.74) is 8.50. The fourth-order valence-corrected chi connectivity index (χ4v) is 15.8. The van der Waals surface area contributed by atoms with E-state index >= 15 is 0 Å². The number of anilines is 6. The van der Waals surface area contributed by atoms with E-state index in [-0.39, 0.29) is 23.9 Å². The summed E-state index contributed by atoms with van der Waals surface area (Å²) in [6.45, 7) is 20.7. The number of nitrogens with zero attached hydrogens (tertiary/aromatic N) is 12. The summed E-state index contributed by atoms with van der Waals surface area (Å²) < 4.78 is 6.94. The molecule has 2 saturated heterocycles. The van der Waals surface area contributed by atoms with Crippen molar-refractivity contribution < 1.29 is 53.6 Å². The number of aliphatic imine (C=N–C) groups is 1. The molecule has 26 nitrogen and oxygen atoms in total. The number of rotatable bonds is 13. The van der Waals surface area contributed by atoms with E-state index in [2.05, 4.69) is 86.9 Å². The number of imide groups is 1. The third-order valence-corrected chi connectivity index (χ3v) is 24.3. The smallest absolute Gasteiger partial charge is 0.336 e. The average molecular weight is 1930 g/mol. The number of benzene rings is 10. The molecular weight excluding hydrogens is 1850 g/mol. The molecule has 17 rings (SSSR count). The Bertz CT molecular complexity index is 6030. The lowest BCUT2D eigenvalue weighted by atomic mass is 9.66. The number of hydrogen-bond donors (Lipinski definition) is 6. The van der Waals surface area contributed by atoms with Gasteiger partial charge in [0.2, 0.25) is 6.08 Å². The Kier molecular flexibility index (Phi) is 32.5.